The molecule has 0 aliphatic heterocycles. The van der Waals surface area contributed by atoms with Gasteiger partial charge in [0.25, 0.3) is 0 Å². The summed E-state index contributed by atoms with van der Waals surface area (Å²) < 4.78 is 29.0. The highest BCUT2D eigenvalue weighted by Crippen LogP contribution is 2.33. The number of aromatic nitrogens is 2. The van der Waals surface area contributed by atoms with Crippen LogP contribution in [0, 0.1) is 17.6 Å². The highest BCUT2D eigenvalue weighted by atomic mass is 35.5. The minimum absolute atomic E-state index is 0.248. The summed E-state index contributed by atoms with van der Waals surface area (Å²) in [6, 6.07) is 2.24. The van der Waals surface area contributed by atoms with Crippen molar-refractivity contribution in [2.24, 2.45) is 5.92 Å². The predicted molar refractivity (Wildman–Crippen MR) is 71.4 cm³/mol. The molecule has 0 bridgehead atoms. The molecule has 1 heterocycles. The molecular weight excluding hydrogens is 270 g/mol. The summed E-state index contributed by atoms with van der Waals surface area (Å²) in [5.74, 6) is 0.775. The first kappa shape index (κ1) is 12.9. The average molecular weight is 285 g/mol. The first-order chi connectivity index (χ1) is 9.19. The van der Waals surface area contributed by atoms with E-state index in [-0.39, 0.29) is 5.52 Å². The lowest BCUT2D eigenvalue weighted by molar-refractivity contribution is 0.581. The third-order valence-corrected chi connectivity index (χ3v) is 3.82. The Hall–Kier alpha value is -1.16. The van der Waals surface area contributed by atoms with Gasteiger partial charge in [-0.15, -0.1) is 11.6 Å². The van der Waals surface area contributed by atoms with Crippen LogP contribution in [-0.4, -0.2) is 15.4 Å². The van der Waals surface area contributed by atoms with Gasteiger partial charge in [-0.1, -0.05) is 12.8 Å². The van der Waals surface area contributed by atoms with Crippen LogP contribution in [0.2, 0.25) is 0 Å². The number of alkyl halides is 1. The second-order valence-electron chi connectivity index (χ2n) is 5.11. The number of rotatable bonds is 5. The lowest BCUT2D eigenvalue weighted by atomic mass is 10.2. The second kappa shape index (κ2) is 5.08. The standard InChI is InChI=1S/C14H15ClF2N2/c15-5-3-13-18-14-11(17)7-10(16)8-12(14)19(13)6-4-9-1-2-9/h7-9H,1-6H2. The van der Waals surface area contributed by atoms with Gasteiger partial charge in [0.05, 0.1) is 5.52 Å². The van der Waals surface area contributed by atoms with Crippen molar-refractivity contribution in [1.82, 2.24) is 9.55 Å². The van der Waals surface area contributed by atoms with Gasteiger partial charge in [-0.2, -0.15) is 0 Å². The summed E-state index contributed by atoms with van der Waals surface area (Å²) >= 11 is 5.76. The first-order valence-electron chi connectivity index (χ1n) is 6.59. The zero-order valence-corrected chi connectivity index (χ0v) is 11.3. The van der Waals surface area contributed by atoms with Crippen molar-refractivity contribution in [3.05, 3.63) is 29.6 Å². The molecule has 0 N–H and O–H groups in total. The van der Waals surface area contributed by atoms with Crippen LogP contribution in [0.3, 0.4) is 0 Å². The lowest BCUT2D eigenvalue weighted by Crippen LogP contribution is -2.05. The average Bonchev–Trinajstić information content (AvgIpc) is 3.11. The Bertz CT molecular complexity index is 605. The highest BCUT2D eigenvalue weighted by molar-refractivity contribution is 6.17. The topological polar surface area (TPSA) is 17.8 Å². The molecule has 1 fully saturated rings. The second-order valence-corrected chi connectivity index (χ2v) is 5.48. The van der Waals surface area contributed by atoms with E-state index in [1.54, 1.807) is 0 Å². The molecule has 0 radical (unpaired) electrons. The monoisotopic (exact) mass is 284 g/mol. The number of halogens is 3. The summed E-state index contributed by atoms with van der Waals surface area (Å²) in [6.45, 7) is 0.760. The predicted octanol–water partition coefficient (Wildman–Crippen LogP) is 3.90. The molecule has 1 aromatic heterocycles. The van der Waals surface area contributed by atoms with Crippen LogP contribution in [0.5, 0.6) is 0 Å². The summed E-state index contributed by atoms with van der Waals surface area (Å²) in [6.07, 6.45) is 4.14. The van der Waals surface area contributed by atoms with E-state index < -0.39 is 11.6 Å². The zero-order valence-electron chi connectivity index (χ0n) is 10.5. The Balaban J connectivity index is 2.04. The van der Waals surface area contributed by atoms with Crippen LogP contribution in [0.15, 0.2) is 12.1 Å². The van der Waals surface area contributed by atoms with Crippen LogP contribution in [0.4, 0.5) is 8.78 Å². The van der Waals surface area contributed by atoms with Crippen LogP contribution in [0.1, 0.15) is 25.1 Å². The molecule has 19 heavy (non-hydrogen) atoms. The molecular formula is C14H15ClF2N2. The van der Waals surface area contributed by atoms with Crippen molar-refractivity contribution in [3.8, 4) is 0 Å². The van der Waals surface area contributed by atoms with E-state index in [4.69, 9.17) is 11.6 Å². The largest absolute Gasteiger partial charge is 0.328 e. The number of benzene rings is 1. The van der Waals surface area contributed by atoms with Crippen molar-refractivity contribution in [2.45, 2.75) is 32.2 Å². The number of hydrogen-bond acceptors (Lipinski definition) is 1. The first-order valence-corrected chi connectivity index (χ1v) is 7.12. The summed E-state index contributed by atoms with van der Waals surface area (Å²) in [7, 11) is 0. The SMILES string of the molecule is Fc1cc(F)c2nc(CCCl)n(CCC3CC3)c2c1. The van der Waals surface area contributed by atoms with Crippen molar-refractivity contribution in [2.75, 3.05) is 5.88 Å². The van der Waals surface area contributed by atoms with E-state index in [2.05, 4.69) is 4.98 Å². The molecule has 1 aliphatic rings. The van der Waals surface area contributed by atoms with Crippen LogP contribution in [0.25, 0.3) is 11.0 Å². The maximum Gasteiger partial charge on any atom is 0.153 e. The molecule has 0 saturated heterocycles. The smallest absolute Gasteiger partial charge is 0.153 e. The normalized spacial score (nSPS) is 15.3. The van der Waals surface area contributed by atoms with Gasteiger partial charge in [-0.3, -0.25) is 0 Å². The van der Waals surface area contributed by atoms with Gasteiger partial charge in [0.1, 0.15) is 17.2 Å². The van der Waals surface area contributed by atoms with Gasteiger partial charge >= 0.3 is 0 Å². The van der Waals surface area contributed by atoms with E-state index >= 15 is 0 Å². The van der Waals surface area contributed by atoms with E-state index in [0.717, 1.165) is 30.8 Å². The van der Waals surface area contributed by atoms with Crippen LogP contribution >= 0.6 is 11.6 Å². The molecule has 2 nitrogen and oxygen atoms in total. The fraction of sp³-hybridized carbons (Fsp3) is 0.500. The summed E-state index contributed by atoms with van der Waals surface area (Å²) in [5, 5.41) is 0. The van der Waals surface area contributed by atoms with Gasteiger partial charge in [-0.25, -0.2) is 13.8 Å². The Kier molecular flexibility index (Phi) is 3.44. The fourth-order valence-electron chi connectivity index (χ4n) is 2.44. The number of aryl methyl sites for hydroxylation is 2. The van der Waals surface area contributed by atoms with Crippen molar-refractivity contribution in [3.63, 3.8) is 0 Å². The zero-order chi connectivity index (χ0) is 13.4. The molecule has 2 aromatic rings. The van der Waals surface area contributed by atoms with Crippen LogP contribution < -0.4 is 0 Å². The van der Waals surface area contributed by atoms with E-state index in [9.17, 15) is 8.78 Å². The molecule has 1 aliphatic carbocycles. The number of fused-ring (bicyclic) bond motifs is 1. The summed E-state index contributed by atoms with van der Waals surface area (Å²) in [4.78, 5) is 4.28. The molecule has 102 valence electrons. The van der Waals surface area contributed by atoms with Crippen molar-refractivity contribution >= 4 is 22.6 Å². The maximum absolute atomic E-state index is 13.7. The molecule has 0 atom stereocenters. The van der Waals surface area contributed by atoms with Crippen molar-refractivity contribution in [1.29, 1.82) is 0 Å². The fourth-order valence-corrected chi connectivity index (χ4v) is 2.61. The number of imidazole rings is 1. The molecule has 0 amide bonds. The van der Waals surface area contributed by atoms with Crippen molar-refractivity contribution < 1.29 is 8.78 Å². The molecule has 1 aromatic carbocycles. The molecule has 1 saturated carbocycles. The van der Waals surface area contributed by atoms with Crippen LogP contribution in [-0.2, 0) is 13.0 Å². The Labute approximate surface area is 115 Å². The van der Waals surface area contributed by atoms with Gasteiger partial charge in [0, 0.05) is 24.9 Å². The third kappa shape index (κ3) is 2.59. The van der Waals surface area contributed by atoms with E-state index in [1.165, 1.54) is 18.9 Å². The van der Waals surface area contributed by atoms with Gasteiger partial charge in [-0.05, 0) is 18.4 Å². The van der Waals surface area contributed by atoms with E-state index in [1.807, 2.05) is 4.57 Å². The maximum atomic E-state index is 13.7. The molecule has 5 heteroatoms. The minimum Gasteiger partial charge on any atom is -0.328 e. The van der Waals surface area contributed by atoms with Gasteiger partial charge in [0.15, 0.2) is 5.82 Å². The molecule has 0 unspecified atom stereocenters. The van der Waals surface area contributed by atoms with Gasteiger partial charge < -0.3 is 4.57 Å². The quantitative estimate of drug-likeness (QED) is 0.762. The van der Waals surface area contributed by atoms with Gasteiger partial charge in [0.2, 0.25) is 0 Å². The molecule has 3 rings (SSSR count). The Morgan fingerprint density at radius 1 is 1.32 bits per heavy atom. The Morgan fingerprint density at radius 2 is 2.11 bits per heavy atom. The summed E-state index contributed by atoms with van der Waals surface area (Å²) in [5.41, 5.74) is 0.788. The minimum atomic E-state index is -0.601. The van der Waals surface area contributed by atoms with E-state index in [0.29, 0.717) is 17.8 Å². The lowest BCUT2D eigenvalue weighted by Gasteiger charge is -2.08. The third-order valence-electron chi connectivity index (χ3n) is 3.63. The number of nitrogens with zero attached hydrogens (tertiary/aromatic N) is 2. The number of hydrogen-bond donors (Lipinski definition) is 0. The highest BCUT2D eigenvalue weighted by Gasteiger charge is 2.22. The molecule has 0 spiro atoms. The Morgan fingerprint density at radius 3 is 2.79 bits per heavy atom.